The molecule has 178 valence electrons. The van der Waals surface area contributed by atoms with E-state index in [1.54, 1.807) is 5.32 Å². The zero-order valence-corrected chi connectivity index (χ0v) is 17.5. The summed E-state index contributed by atoms with van der Waals surface area (Å²) in [7, 11) is 0. The lowest BCUT2D eigenvalue weighted by molar-refractivity contribution is -0.123. The highest BCUT2D eigenvalue weighted by atomic mass is 19.4. The first-order chi connectivity index (χ1) is 16.0. The first-order valence-corrected chi connectivity index (χ1v) is 10.2. The van der Waals surface area contributed by atoms with Gasteiger partial charge in [0, 0.05) is 25.2 Å². The number of rotatable bonds is 4. The lowest BCUT2D eigenvalue weighted by atomic mass is 10.1. The van der Waals surface area contributed by atoms with Gasteiger partial charge in [0.25, 0.3) is 5.91 Å². The van der Waals surface area contributed by atoms with Crippen molar-refractivity contribution in [3.63, 3.8) is 0 Å². The first kappa shape index (κ1) is 23.3. The molecule has 1 aliphatic rings. The van der Waals surface area contributed by atoms with E-state index in [1.807, 2.05) is 0 Å². The van der Waals surface area contributed by atoms with Crippen LogP contribution in [0.5, 0.6) is 0 Å². The normalized spacial score (nSPS) is 14.5. The van der Waals surface area contributed by atoms with Gasteiger partial charge in [-0.05, 0) is 37.1 Å². The maximum Gasteiger partial charge on any atom is 0.405 e. The molecule has 0 saturated carbocycles. The van der Waals surface area contributed by atoms with Gasteiger partial charge in [-0.1, -0.05) is 0 Å². The van der Waals surface area contributed by atoms with Gasteiger partial charge in [0.05, 0.1) is 11.1 Å². The number of amides is 2. The molecule has 12 heteroatoms. The summed E-state index contributed by atoms with van der Waals surface area (Å²) in [4.78, 5) is 43.4. The Bertz CT molecular complexity index is 1350. The second-order valence-electron chi connectivity index (χ2n) is 7.68. The summed E-state index contributed by atoms with van der Waals surface area (Å²) < 4.78 is 66.7. The number of halogens is 5. The van der Waals surface area contributed by atoms with Gasteiger partial charge in [0.1, 0.15) is 29.6 Å². The van der Waals surface area contributed by atoms with Crippen LogP contribution in [0.4, 0.5) is 27.8 Å². The quantitative estimate of drug-likeness (QED) is 0.580. The number of benzene rings is 1. The number of nitrogens with one attached hydrogen (secondary N) is 1. The fourth-order valence-corrected chi connectivity index (χ4v) is 3.69. The van der Waals surface area contributed by atoms with Crippen molar-refractivity contribution in [1.29, 1.82) is 0 Å². The molecular formula is C22H17F5N4O3. The molecule has 0 bridgehead atoms. The molecule has 0 radical (unpaired) electrons. The maximum atomic E-state index is 14.6. The van der Waals surface area contributed by atoms with Gasteiger partial charge in [0.15, 0.2) is 5.65 Å². The number of hydrogen-bond donors (Lipinski definition) is 1. The molecule has 1 aliphatic heterocycles. The highest BCUT2D eigenvalue weighted by Gasteiger charge is 2.29. The molecule has 3 aromatic rings. The Kier molecular flexibility index (Phi) is 6.07. The molecule has 7 nitrogen and oxygen atoms in total. The number of carbonyl (C=O) groups is 2. The molecular weight excluding hydrogens is 463 g/mol. The molecule has 2 aromatic heterocycles. The third kappa shape index (κ3) is 4.61. The summed E-state index contributed by atoms with van der Waals surface area (Å²) in [6, 6.07) is 5.17. The van der Waals surface area contributed by atoms with Crippen molar-refractivity contribution in [1.82, 2.24) is 14.9 Å². The van der Waals surface area contributed by atoms with Gasteiger partial charge >= 0.3 is 6.18 Å². The average Bonchev–Trinajstić information content (AvgIpc) is 2.78. The molecule has 1 saturated heterocycles. The van der Waals surface area contributed by atoms with Gasteiger partial charge in [-0.3, -0.25) is 23.9 Å². The second kappa shape index (κ2) is 8.84. The van der Waals surface area contributed by atoms with Crippen LogP contribution in [0.3, 0.4) is 0 Å². The van der Waals surface area contributed by atoms with Gasteiger partial charge in [-0.25, -0.2) is 13.8 Å². The van der Waals surface area contributed by atoms with Crippen LogP contribution in [-0.4, -0.2) is 40.6 Å². The zero-order valence-electron chi connectivity index (χ0n) is 17.5. The standard InChI is InChI=1S/C22H17F5N4O3/c23-12-4-6-16(15(24)9-12)31-10-14(21(34)28-11-22(25,26)27)19(33)13-5-7-17(29-20(13)31)30-8-2-1-3-18(30)32/h4-7,9-10H,1-3,8,11H2,(H,28,34). The Morgan fingerprint density at radius 2 is 1.85 bits per heavy atom. The summed E-state index contributed by atoms with van der Waals surface area (Å²) in [5.41, 5.74) is -2.08. The molecule has 1 aromatic carbocycles. The summed E-state index contributed by atoms with van der Waals surface area (Å²) in [6.45, 7) is -1.30. The lowest BCUT2D eigenvalue weighted by Gasteiger charge is -2.26. The summed E-state index contributed by atoms with van der Waals surface area (Å²) in [5.74, 6) is -3.28. The monoisotopic (exact) mass is 480 g/mol. The predicted molar refractivity (Wildman–Crippen MR) is 112 cm³/mol. The van der Waals surface area contributed by atoms with Crippen LogP contribution in [0.15, 0.2) is 41.3 Å². The average molecular weight is 480 g/mol. The van der Waals surface area contributed by atoms with E-state index in [0.29, 0.717) is 25.5 Å². The van der Waals surface area contributed by atoms with Crippen LogP contribution in [0.2, 0.25) is 0 Å². The molecule has 4 rings (SSSR count). The highest BCUT2D eigenvalue weighted by Crippen LogP contribution is 2.25. The Hall–Kier alpha value is -3.83. The lowest BCUT2D eigenvalue weighted by Crippen LogP contribution is -2.37. The number of piperidine rings is 1. The molecule has 0 aliphatic carbocycles. The Balaban J connectivity index is 1.92. The van der Waals surface area contributed by atoms with E-state index in [2.05, 4.69) is 4.98 Å². The minimum Gasteiger partial charge on any atom is -0.343 e. The van der Waals surface area contributed by atoms with E-state index < -0.39 is 41.3 Å². The molecule has 2 amide bonds. The maximum absolute atomic E-state index is 14.6. The summed E-state index contributed by atoms with van der Waals surface area (Å²) in [5, 5.41) is 1.41. The van der Waals surface area contributed by atoms with Crippen molar-refractivity contribution in [2.45, 2.75) is 25.4 Å². The number of alkyl halides is 3. The van der Waals surface area contributed by atoms with Crippen LogP contribution in [0.1, 0.15) is 29.6 Å². The van der Waals surface area contributed by atoms with Crippen LogP contribution in [-0.2, 0) is 4.79 Å². The van der Waals surface area contributed by atoms with Crippen molar-refractivity contribution in [3.05, 3.63) is 63.9 Å². The van der Waals surface area contributed by atoms with Gasteiger partial charge in [-0.2, -0.15) is 13.2 Å². The molecule has 0 atom stereocenters. The number of carbonyl (C=O) groups excluding carboxylic acids is 2. The van der Waals surface area contributed by atoms with E-state index in [-0.39, 0.29) is 28.4 Å². The smallest absolute Gasteiger partial charge is 0.343 e. The van der Waals surface area contributed by atoms with Gasteiger partial charge in [-0.15, -0.1) is 0 Å². The van der Waals surface area contributed by atoms with E-state index >= 15 is 0 Å². The number of nitrogens with zero attached hydrogens (tertiary/aromatic N) is 3. The summed E-state index contributed by atoms with van der Waals surface area (Å²) in [6.07, 6.45) is -2.13. The van der Waals surface area contributed by atoms with Gasteiger partial charge in [0.2, 0.25) is 11.3 Å². The van der Waals surface area contributed by atoms with Crippen LogP contribution in [0.25, 0.3) is 16.7 Å². The Labute approximate surface area is 188 Å². The van der Waals surface area contributed by atoms with E-state index in [9.17, 15) is 36.3 Å². The largest absolute Gasteiger partial charge is 0.405 e. The van der Waals surface area contributed by atoms with Gasteiger partial charge < -0.3 is 5.32 Å². The topological polar surface area (TPSA) is 84.3 Å². The minimum absolute atomic E-state index is 0.154. The third-order valence-corrected chi connectivity index (χ3v) is 5.30. The zero-order chi connectivity index (χ0) is 24.6. The second-order valence-corrected chi connectivity index (χ2v) is 7.68. The van der Waals surface area contributed by atoms with Crippen molar-refractivity contribution in [3.8, 4) is 5.69 Å². The number of pyridine rings is 2. The highest BCUT2D eigenvalue weighted by molar-refractivity contribution is 5.98. The number of hydrogen-bond acceptors (Lipinski definition) is 4. The minimum atomic E-state index is -4.72. The number of fused-ring (bicyclic) bond motifs is 1. The fourth-order valence-electron chi connectivity index (χ4n) is 3.69. The molecule has 1 fully saturated rings. The van der Waals surface area contributed by atoms with E-state index in [4.69, 9.17) is 0 Å². The van der Waals surface area contributed by atoms with Crippen LogP contribution >= 0.6 is 0 Å². The number of anilines is 1. The van der Waals surface area contributed by atoms with Crippen molar-refractivity contribution < 1.29 is 31.5 Å². The SMILES string of the molecule is O=C(NCC(F)(F)F)c1cn(-c2ccc(F)cc2F)c2nc(N3CCCCC3=O)ccc2c1=O. The van der Waals surface area contributed by atoms with Crippen molar-refractivity contribution in [2.75, 3.05) is 18.0 Å². The number of aromatic nitrogens is 2. The van der Waals surface area contributed by atoms with Crippen LogP contribution in [0, 0.1) is 11.6 Å². The van der Waals surface area contributed by atoms with Crippen LogP contribution < -0.4 is 15.6 Å². The Morgan fingerprint density at radius 3 is 2.53 bits per heavy atom. The predicted octanol–water partition coefficient (Wildman–Crippen LogP) is 3.47. The molecule has 34 heavy (non-hydrogen) atoms. The van der Waals surface area contributed by atoms with E-state index in [1.165, 1.54) is 17.0 Å². The molecule has 1 N–H and O–H groups in total. The fraction of sp³-hybridized carbons (Fsp3) is 0.273. The van der Waals surface area contributed by atoms with E-state index in [0.717, 1.165) is 29.3 Å². The summed E-state index contributed by atoms with van der Waals surface area (Å²) >= 11 is 0. The molecule has 0 spiro atoms. The molecule has 0 unspecified atom stereocenters. The van der Waals surface area contributed by atoms with Crippen molar-refractivity contribution in [2.24, 2.45) is 0 Å². The first-order valence-electron chi connectivity index (χ1n) is 10.2. The van der Waals surface area contributed by atoms with Crippen molar-refractivity contribution >= 4 is 28.7 Å². The third-order valence-electron chi connectivity index (χ3n) is 5.30. The Morgan fingerprint density at radius 1 is 1.09 bits per heavy atom. The molecule has 3 heterocycles.